The van der Waals surface area contributed by atoms with Crippen molar-refractivity contribution in [3.8, 4) is 0 Å². The van der Waals surface area contributed by atoms with E-state index in [2.05, 4.69) is 10.3 Å². The Morgan fingerprint density at radius 3 is 2.79 bits per heavy atom. The first-order valence-electron chi connectivity index (χ1n) is 5.93. The number of guanidine groups is 1. The maximum absolute atomic E-state index is 11.4. The monoisotopic (exact) mass is 263 g/mol. The molecule has 0 aliphatic rings. The number of ether oxygens (including phenoxy) is 1. The van der Waals surface area contributed by atoms with Crippen molar-refractivity contribution in [1.29, 1.82) is 0 Å². The second kappa shape index (κ2) is 8.68. The lowest BCUT2D eigenvalue weighted by Gasteiger charge is -2.06. The average molecular weight is 263 g/mol. The fraction of sp³-hybridized carbons (Fsp3) is 0.308. The normalized spacial score (nSPS) is 10.8. The van der Waals surface area contributed by atoms with E-state index in [1.54, 1.807) is 0 Å². The molecule has 0 aliphatic carbocycles. The number of rotatable bonds is 6. The molecule has 1 aromatic carbocycles. The van der Waals surface area contributed by atoms with Crippen molar-refractivity contribution >= 4 is 18.3 Å². The SMILES string of the molecule is NC(=NCCCC=O)NC(=O)OCc1ccccc1. The second-order valence-corrected chi connectivity index (χ2v) is 3.76. The number of unbranched alkanes of at least 4 members (excludes halogenated alkanes) is 1. The number of aldehydes is 1. The molecule has 3 N–H and O–H groups in total. The van der Waals surface area contributed by atoms with Gasteiger partial charge in [0, 0.05) is 13.0 Å². The van der Waals surface area contributed by atoms with Crippen LogP contribution in [0.15, 0.2) is 35.3 Å². The third-order valence-corrected chi connectivity index (χ3v) is 2.21. The van der Waals surface area contributed by atoms with Crippen LogP contribution in [-0.4, -0.2) is 24.9 Å². The fourth-order valence-corrected chi connectivity index (χ4v) is 1.28. The van der Waals surface area contributed by atoms with Crippen molar-refractivity contribution in [3.05, 3.63) is 35.9 Å². The lowest BCUT2D eigenvalue weighted by atomic mass is 10.2. The first kappa shape index (κ1) is 14.7. The van der Waals surface area contributed by atoms with Gasteiger partial charge < -0.3 is 15.3 Å². The highest BCUT2D eigenvalue weighted by molar-refractivity contribution is 5.92. The number of hydrogen-bond donors (Lipinski definition) is 2. The highest BCUT2D eigenvalue weighted by Gasteiger charge is 2.03. The van der Waals surface area contributed by atoms with Gasteiger partial charge in [0.25, 0.3) is 0 Å². The van der Waals surface area contributed by atoms with Crippen LogP contribution in [0.1, 0.15) is 18.4 Å². The summed E-state index contributed by atoms with van der Waals surface area (Å²) in [6.45, 7) is 0.564. The van der Waals surface area contributed by atoms with Crippen LogP contribution in [0.3, 0.4) is 0 Å². The number of amides is 1. The number of benzene rings is 1. The summed E-state index contributed by atoms with van der Waals surface area (Å²) in [5, 5.41) is 2.31. The van der Waals surface area contributed by atoms with Gasteiger partial charge in [0.1, 0.15) is 12.9 Å². The minimum atomic E-state index is -0.652. The summed E-state index contributed by atoms with van der Waals surface area (Å²) in [4.78, 5) is 25.3. The summed E-state index contributed by atoms with van der Waals surface area (Å²) in [6.07, 6.45) is 1.19. The quantitative estimate of drug-likeness (QED) is 0.349. The smallest absolute Gasteiger partial charge is 0.414 e. The Morgan fingerprint density at radius 2 is 2.11 bits per heavy atom. The minimum Gasteiger partial charge on any atom is -0.444 e. The van der Waals surface area contributed by atoms with Crippen LogP contribution in [0, 0.1) is 0 Å². The largest absolute Gasteiger partial charge is 0.444 e. The Kier molecular flexibility index (Phi) is 6.71. The molecule has 0 saturated carbocycles. The van der Waals surface area contributed by atoms with Gasteiger partial charge in [0.2, 0.25) is 0 Å². The van der Waals surface area contributed by atoms with E-state index in [0.29, 0.717) is 19.4 Å². The number of hydrogen-bond acceptors (Lipinski definition) is 4. The van der Waals surface area contributed by atoms with Crippen LogP contribution in [0.25, 0.3) is 0 Å². The number of aliphatic imine (C=N–C) groups is 1. The van der Waals surface area contributed by atoms with Gasteiger partial charge in [-0.1, -0.05) is 30.3 Å². The van der Waals surface area contributed by atoms with Gasteiger partial charge in [-0.3, -0.25) is 10.3 Å². The molecule has 0 spiro atoms. The Bertz CT molecular complexity index is 432. The van der Waals surface area contributed by atoms with Gasteiger partial charge in [-0.25, -0.2) is 4.79 Å². The molecule has 6 heteroatoms. The van der Waals surface area contributed by atoms with E-state index in [1.165, 1.54) is 0 Å². The summed E-state index contributed by atoms with van der Waals surface area (Å²) in [5.74, 6) is -0.0102. The molecule has 1 rings (SSSR count). The lowest BCUT2D eigenvalue weighted by molar-refractivity contribution is -0.107. The third kappa shape index (κ3) is 6.82. The molecular weight excluding hydrogens is 246 g/mol. The zero-order valence-corrected chi connectivity index (χ0v) is 10.5. The van der Waals surface area contributed by atoms with E-state index in [0.717, 1.165) is 11.8 Å². The number of nitrogens with one attached hydrogen (secondary N) is 1. The van der Waals surface area contributed by atoms with Crippen LogP contribution < -0.4 is 11.1 Å². The molecule has 0 bridgehead atoms. The first-order chi connectivity index (χ1) is 9.22. The molecular formula is C13H17N3O3. The van der Waals surface area contributed by atoms with Gasteiger partial charge in [-0.2, -0.15) is 0 Å². The number of carbonyl (C=O) groups excluding carboxylic acids is 2. The zero-order chi connectivity index (χ0) is 13.9. The van der Waals surface area contributed by atoms with Gasteiger partial charge in [-0.05, 0) is 12.0 Å². The van der Waals surface area contributed by atoms with E-state index in [9.17, 15) is 9.59 Å². The number of nitrogens with two attached hydrogens (primary N) is 1. The molecule has 0 saturated heterocycles. The summed E-state index contributed by atoms with van der Waals surface area (Å²) >= 11 is 0. The summed E-state index contributed by atoms with van der Waals surface area (Å²) in [6, 6.07) is 9.31. The van der Waals surface area contributed by atoms with E-state index < -0.39 is 6.09 Å². The number of alkyl carbamates (subject to hydrolysis) is 1. The molecule has 0 heterocycles. The Hall–Kier alpha value is -2.37. The minimum absolute atomic E-state index is 0.0102. The molecule has 0 fully saturated rings. The van der Waals surface area contributed by atoms with Crippen molar-refractivity contribution in [2.75, 3.05) is 6.54 Å². The standard InChI is InChI=1S/C13H17N3O3/c14-12(15-8-4-5-9-17)16-13(18)19-10-11-6-2-1-3-7-11/h1-3,6-7,9H,4-5,8,10H2,(H3,14,15,16,18). The number of carbonyl (C=O) groups is 2. The summed E-state index contributed by atoms with van der Waals surface area (Å²) < 4.78 is 4.96. The molecule has 1 aromatic rings. The van der Waals surface area contributed by atoms with Crippen molar-refractivity contribution < 1.29 is 14.3 Å². The highest BCUT2D eigenvalue weighted by atomic mass is 16.5. The zero-order valence-electron chi connectivity index (χ0n) is 10.5. The third-order valence-electron chi connectivity index (χ3n) is 2.21. The molecule has 6 nitrogen and oxygen atoms in total. The van der Waals surface area contributed by atoms with E-state index in [1.807, 2.05) is 30.3 Å². The molecule has 102 valence electrons. The van der Waals surface area contributed by atoms with Crippen LogP contribution in [0.5, 0.6) is 0 Å². The van der Waals surface area contributed by atoms with Gasteiger partial charge in [0.05, 0.1) is 0 Å². The summed E-state index contributed by atoms with van der Waals surface area (Å²) in [7, 11) is 0. The van der Waals surface area contributed by atoms with E-state index in [4.69, 9.17) is 10.5 Å². The topological polar surface area (TPSA) is 93.8 Å². The van der Waals surface area contributed by atoms with Crippen LogP contribution >= 0.6 is 0 Å². The molecule has 19 heavy (non-hydrogen) atoms. The maximum atomic E-state index is 11.4. The Morgan fingerprint density at radius 1 is 1.37 bits per heavy atom. The Balaban J connectivity index is 2.25. The molecule has 0 aromatic heterocycles. The maximum Gasteiger partial charge on any atom is 0.414 e. The van der Waals surface area contributed by atoms with Crippen LogP contribution in [-0.2, 0) is 16.1 Å². The second-order valence-electron chi connectivity index (χ2n) is 3.76. The predicted molar refractivity (Wildman–Crippen MR) is 71.6 cm³/mol. The van der Waals surface area contributed by atoms with Gasteiger partial charge in [0.15, 0.2) is 5.96 Å². The molecule has 0 unspecified atom stereocenters. The lowest BCUT2D eigenvalue weighted by Crippen LogP contribution is -2.37. The van der Waals surface area contributed by atoms with E-state index >= 15 is 0 Å². The number of nitrogens with zero attached hydrogens (tertiary/aromatic N) is 1. The van der Waals surface area contributed by atoms with Gasteiger partial charge >= 0.3 is 6.09 Å². The van der Waals surface area contributed by atoms with Gasteiger partial charge in [-0.15, -0.1) is 0 Å². The van der Waals surface area contributed by atoms with Crippen molar-refractivity contribution in [3.63, 3.8) is 0 Å². The molecule has 0 aliphatic heterocycles. The summed E-state index contributed by atoms with van der Waals surface area (Å²) in [5.41, 5.74) is 6.36. The highest BCUT2D eigenvalue weighted by Crippen LogP contribution is 2.00. The van der Waals surface area contributed by atoms with Crippen molar-refractivity contribution in [2.45, 2.75) is 19.4 Å². The molecule has 1 amide bonds. The average Bonchev–Trinajstić information content (AvgIpc) is 2.42. The van der Waals surface area contributed by atoms with Crippen LogP contribution in [0.4, 0.5) is 4.79 Å². The molecule has 0 radical (unpaired) electrons. The fourth-order valence-electron chi connectivity index (χ4n) is 1.28. The van der Waals surface area contributed by atoms with E-state index in [-0.39, 0.29) is 12.6 Å². The first-order valence-corrected chi connectivity index (χ1v) is 5.93. The van der Waals surface area contributed by atoms with Crippen LogP contribution in [0.2, 0.25) is 0 Å². The Labute approximate surface area is 111 Å². The predicted octanol–water partition coefficient (Wildman–Crippen LogP) is 1.21. The molecule has 0 atom stereocenters. The van der Waals surface area contributed by atoms with Crippen molar-refractivity contribution in [1.82, 2.24) is 5.32 Å². The van der Waals surface area contributed by atoms with Crippen molar-refractivity contribution in [2.24, 2.45) is 10.7 Å².